The van der Waals surface area contributed by atoms with Crippen molar-refractivity contribution in [1.29, 1.82) is 0 Å². The number of aliphatic hydroxyl groups excluding tert-OH is 1. The molecule has 2 heterocycles. The first-order chi connectivity index (χ1) is 20.2. The van der Waals surface area contributed by atoms with Gasteiger partial charge in [0.25, 0.3) is 0 Å². The van der Waals surface area contributed by atoms with Crippen LogP contribution in [0.1, 0.15) is 34.5 Å². The lowest BCUT2D eigenvalue weighted by Crippen LogP contribution is -2.52. The molecule has 0 aliphatic carbocycles. The van der Waals surface area contributed by atoms with Crippen molar-refractivity contribution in [1.82, 2.24) is 25.1 Å². The van der Waals surface area contributed by atoms with E-state index in [9.17, 15) is 5.11 Å². The van der Waals surface area contributed by atoms with Gasteiger partial charge in [-0.25, -0.2) is 0 Å². The number of tetrazole rings is 1. The van der Waals surface area contributed by atoms with E-state index in [4.69, 9.17) is 4.74 Å². The van der Waals surface area contributed by atoms with Crippen molar-refractivity contribution in [3.05, 3.63) is 149 Å². The van der Waals surface area contributed by atoms with Crippen LogP contribution in [0, 0.1) is 0 Å². The largest absolute Gasteiger partial charge is 0.497 e. The zero-order valence-corrected chi connectivity index (χ0v) is 23.0. The molecule has 7 heteroatoms. The average Bonchev–Trinajstić information content (AvgIpc) is 3.47. The zero-order valence-electron chi connectivity index (χ0n) is 23.0. The Morgan fingerprint density at radius 1 is 0.829 bits per heavy atom. The van der Waals surface area contributed by atoms with Gasteiger partial charge in [0, 0.05) is 13.1 Å². The average molecular weight is 544 g/mol. The fourth-order valence-electron chi connectivity index (χ4n) is 5.82. The minimum absolute atomic E-state index is 0.485. The molecule has 0 radical (unpaired) electrons. The highest BCUT2D eigenvalue weighted by atomic mass is 16.5. The number of aliphatic hydroxyl groups is 1. The minimum atomic E-state index is -0.584. The molecule has 41 heavy (non-hydrogen) atoms. The van der Waals surface area contributed by atoms with Crippen molar-refractivity contribution in [2.24, 2.45) is 0 Å². The first kappa shape index (κ1) is 26.6. The molecule has 4 aromatic carbocycles. The lowest BCUT2D eigenvalue weighted by molar-refractivity contribution is 0.0871. The third-order valence-corrected chi connectivity index (χ3v) is 7.79. The quantitative estimate of drug-likeness (QED) is 0.272. The van der Waals surface area contributed by atoms with Crippen LogP contribution in [-0.4, -0.2) is 56.5 Å². The molecule has 1 aliphatic rings. The normalized spacial score (nSPS) is 17.0. The summed E-state index contributed by atoms with van der Waals surface area (Å²) >= 11 is 0. The Bertz CT molecular complexity index is 1490. The van der Waals surface area contributed by atoms with Crippen molar-refractivity contribution in [3.63, 3.8) is 0 Å². The Kier molecular flexibility index (Phi) is 7.71. The van der Waals surface area contributed by atoms with Crippen molar-refractivity contribution in [3.8, 4) is 5.75 Å². The molecule has 7 nitrogen and oxygen atoms in total. The van der Waals surface area contributed by atoms with Gasteiger partial charge >= 0.3 is 0 Å². The van der Waals surface area contributed by atoms with Gasteiger partial charge in [0.1, 0.15) is 5.75 Å². The molecule has 6 rings (SSSR count). The summed E-state index contributed by atoms with van der Waals surface area (Å²) in [5.74, 6) is 1.29. The fourth-order valence-corrected chi connectivity index (χ4v) is 5.82. The van der Waals surface area contributed by atoms with Crippen molar-refractivity contribution < 1.29 is 9.84 Å². The number of likely N-dealkylation sites (tertiary alicyclic amines) is 1. The smallest absolute Gasteiger partial charge is 0.197 e. The molecule has 0 amide bonds. The Morgan fingerprint density at radius 3 is 1.93 bits per heavy atom. The summed E-state index contributed by atoms with van der Waals surface area (Å²) < 4.78 is 5.25. The molecule has 1 aromatic heterocycles. The van der Waals surface area contributed by atoms with Gasteiger partial charge in [-0.3, -0.25) is 4.90 Å². The van der Waals surface area contributed by atoms with Crippen LogP contribution in [0.15, 0.2) is 121 Å². The molecule has 1 atom stereocenters. The second-order valence-corrected chi connectivity index (χ2v) is 10.3. The number of ether oxygens (including phenoxy) is 1. The van der Waals surface area contributed by atoms with E-state index in [1.54, 1.807) is 11.9 Å². The van der Waals surface area contributed by atoms with E-state index in [-0.39, 0.29) is 0 Å². The van der Waals surface area contributed by atoms with Crippen molar-refractivity contribution in [2.45, 2.75) is 24.6 Å². The summed E-state index contributed by atoms with van der Waals surface area (Å²) in [6.45, 7) is 1.76. The van der Waals surface area contributed by atoms with Crippen LogP contribution >= 0.6 is 0 Å². The predicted octanol–water partition coefficient (Wildman–Crippen LogP) is 5.17. The molecule has 0 saturated carbocycles. The Balaban J connectivity index is 1.36. The maximum atomic E-state index is 11.1. The van der Waals surface area contributed by atoms with Crippen LogP contribution in [0.4, 0.5) is 0 Å². The maximum absolute atomic E-state index is 11.1. The van der Waals surface area contributed by atoms with E-state index in [0.29, 0.717) is 25.3 Å². The van der Waals surface area contributed by atoms with Crippen LogP contribution < -0.4 is 4.74 Å². The number of hydrogen-bond donors (Lipinski definition) is 1. The van der Waals surface area contributed by atoms with E-state index < -0.39 is 11.6 Å². The number of rotatable bonds is 8. The van der Waals surface area contributed by atoms with E-state index in [1.165, 1.54) is 16.7 Å². The molecule has 206 valence electrons. The van der Waals surface area contributed by atoms with Crippen LogP contribution in [0.3, 0.4) is 0 Å². The molecule has 0 bridgehead atoms. The van der Waals surface area contributed by atoms with Gasteiger partial charge in [-0.2, -0.15) is 4.80 Å². The Morgan fingerprint density at radius 2 is 1.39 bits per heavy atom. The molecular weight excluding hydrogens is 510 g/mol. The molecule has 1 aliphatic heterocycles. The lowest BCUT2D eigenvalue weighted by Gasteiger charge is -2.48. The lowest BCUT2D eigenvalue weighted by atomic mass is 9.74. The van der Waals surface area contributed by atoms with Gasteiger partial charge < -0.3 is 9.84 Å². The van der Waals surface area contributed by atoms with E-state index in [2.05, 4.69) is 111 Å². The number of benzene rings is 4. The summed E-state index contributed by atoms with van der Waals surface area (Å²) in [7, 11) is 1.65. The monoisotopic (exact) mass is 543 g/mol. The van der Waals surface area contributed by atoms with Crippen LogP contribution in [0.5, 0.6) is 5.75 Å². The Labute approximate surface area is 240 Å². The standard InChI is InChI=1S/C34H33N5O2/c1-41-31-19-17-26(18-20-31)24-39-36-33(35-37-39)23-27-25-38(22-21-32(27)40)34(28-11-5-2-6-12-28,29-13-7-3-8-14-29)30-15-9-4-10-16-30/h2-20,23,32,40H,21-22,24-25H2,1H3/b27-23+. The number of methoxy groups -OCH3 is 1. The highest BCUT2D eigenvalue weighted by molar-refractivity contribution is 5.52. The number of piperidine rings is 1. The highest BCUT2D eigenvalue weighted by Gasteiger charge is 2.44. The van der Waals surface area contributed by atoms with Crippen LogP contribution in [-0.2, 0) is 12.1 Å². The van der Waals surface area contributed by atoms with E-state index >= 15 is 0 Å². The number of hydrogen-bond acceptors (Lipinski definition) is 6. The first-order valence-electron chi connectivity index (χ1n) is 13.9. The van der Waals surface area contributed by atoms with E-state index in [0.717, 1.165) is 23.4 Å². The molecule has 1 saturated heterocycles. The van der Waals surface area contributed by atoms with Gasteiger partial charge in [-0.05, 0) is 57.7 Å². The van der Waals surface area contributed by atoms with Crippen molar-refractivity contribution in [2.75, 3.05) is 20.2 Å². The summed E-state index contributed by atoms with van der Waals surface area (Å²) in [4.78, 5) is 4.04. The summed E-state index contributed by atoms with van der Waals surface area (Å²) in [5, 5.41) is 24.3. The summed E-state index contributed by atoms with van der Waals surface area (Å²) in [5.41, 5.74) is 4.89. The second kappa shape index (κ2) is 11.9. The third-order valence-electron chi connectivity index (χ3n) is 7.79. The topological polar surface area (TPSA) is 76.3 Å². The minimum Gasteiger partial charge on any atom is -0.497 e. The molecular formula is C34H33N5O2. The van der Waals surface area contributed by atoms with Gasteiger partial charge in [0.15, 0.2) is 5.82 Å². The van der Waals surface area contributed by atoms with Gasteiger partial charge in [0.2, 0.25) is 0 Å². The van der Waals surface area contributed by atoms with Crippen LogP contribution in [0.25, 0.3) is 6.08 Å². The molecule has 1 N–H and O–H groups in total. The third kappa shape index (κ3) is 5.42. The van der Waals surface area contributed by atoms with Gasteiger partial charge in [-0.15, -0.1) is 10.2 Å². The number of nitrogens with zero attached hydrogens (tertiary/aromatic N) is 5. The second-order valence-electron chi connectivity index (χ2n) is 10.3. The van der Waals surface area contributed by atoms with Gasteiger partial charge in [0.05, 0.1) is 25.3 Å². The van der Waals surface area contributed by atoms with Gasteiger partial charge in [-0.1, -0.05) is 103 Å². The maximum Gasteiger partial charge on any atom is 0.197 e. The Hall–Kier alpha value is -4.59. The van der Waals surface area contributed by atoms with E-state index in [1.807, 2.05) is 30.3 Å². The zero-order chi connectivity index (χ0) is 28.1. The highest BCUT2D eigenvalue weighted by Crippen LogP contribution is 2.44. The fraction of sp³-hybridized carbons (Fsp3) is 0.206. The predicted molar refractivity (Wildman–Crippen MR) is 159 cm³/mol. The summed E-state index contributed by atoms with van der Waals surface area (Å²) in [6.07, 6.45) is 1.90. The van der Waals surface area contributed by atoms with Crippen molar-refractivity contribution >= 4 is 6.08 Å². The number of aromatic nitrogens is 4. The first-order valence-corrected chi connectivity index (χ1v) is 13.9. The SMILES string of the molecule is COc1ccc(Cn2nnc(/C=C3\CN(C(c4ccccc4)(c4ccccc4)c4ccccc4)CCC3O)n2)cc1. The molecule has 1 unspecified atom stereocenters. The van der Waals surface area contributed by atoms with Crippen LogP contribution in [0.2, 0.25) is 0 Å². The molecule has 0 spiro atoms. The molecule has 5 aromatic rings. The summed E-state index contributed by atoms with van der Waals surface area (Å²) in [6, 6.07) is 39.7. The molecule has 1 fully saturated rings.